The fourth-order valence-electron chi connectivity index (χ4n) is 2.93. The van der Waals surface area contributed by atoms with Crippen molar-refractivity contribution in [1.29, 1.82) is 0 Å². The molecule has 128 valence electrons. The first-order valence-electron chi connectivity index (χ1n) is 8.05. The second-order valence-electron chi connectivity index (χ2n) is 6.11. The number of carbonyl (C=O) groups excluding carboxylic acids is 1. The monoisotopic (exact) mass is 346 g/mol. The lowest BCUT2D eigenvalue weighted by molar-refractivity contribution is -0.126. The van der Waals surface area contributed by atoms with Crippen LogP contribution >= 0.6 is 12.4 Å². The normalized spacial score (nSPS) is 15.4. The highest BCUT2D eigenvalue weighted by Gasteiger charge is 2.36. The highest BCUT2D eigenvalue weighted by molar-refractivity contribution is 5.86. The molecule has 3 rings (SSSR count). The van der Waals surface area contributed by atoms with Gasteiger partial charge in [-0.2, -0.15) is 0 Å². The minimum Gasteiger partial charge on any atom is -0.457 e. The molecular weight excluding hydrogens is 324 g/mol. The third kappa shape index (κ3) is 4.49. The molecule has 1 aliphatic carbocycles. The first-order valence-corrected chi connectivity index (χ1v) is 8.05. The quantitative estimate of drug-likeness (QED) is 0.865. The molecule has 0 radical (unpaired) electrons. The Morgan fingerprint density at radius 3 is 2.42 bits per heavy atom. The van der Waals surface area contributed by atoms with Crippen LogP contribution in [-0.4, -0.2) is 11.4 Å². The number of nitrogens with one attached hydrogen (secondary N) is 1. The van der Waals surface area contributed by atoms with E-state index in [2.05, 4.69) is 5.32 Å². The second kappa shape index (κ2) is 8.18. The lowest BCUT2D eigenvalue weighted by Crippen LogP contribution is -2.51. The summed E-state index contributed by atoms with van der Waals surface area (Å²) < 4.78 is 5.81. The molecule has 0 atom stereocenters. The van der Waals surface area contributed by atoms with Crippen molar-refractivity contribution >= 4 is 18.3 Å². The van der Waals surface area contributed by atoms with E-state index >= 15 is 0 Å². The van der Waals surface area contributed by atoms with Crippen LogP contribution in [0.3, 0.4) is 0 Å². The van der Waals surface area contributed by atoms with Crippen molar-refractivity contribution in [1.82, 2.24) is 5.32 Å². The van der Waals surface area contributed by atoms with Gasteiger partial charge in [-0.25, -0.2) is 0 Å². The second-order valence-corrected chi connectivity index (χ2v) is 6.11. The van der Waals surface area contributed by atoms with Gasteiger partial charge in [-0.15, -0.1) is 12.4 Å². The third-order valence-corrected chi connectivity index (χ3v) is 4.28. The van der Waals surface area contributed by atoms with Crippen LogP contribution < -0.4 is 15.8 Å². The summed E-state index contributed by atoms with van der Waals surface area (Å²) in [5, 5.41) is 2.95. The molecule has 5 heteroatoms. The van der Waals surface area contributed by atoms with Crippen LogP contribution in [0.1, 0.15) is 31.2 Å². The largest absolute Gasteiger partial charge is 0.457 e. The average molecular weight is 347 g/mol. The Balaban J connectivity index is 0.00000208. The van der Waals surface area contributed by atoms with Crippen LogP contribution in [0.2, 0.25) is 0 Å². The molecule has 2 aromatic rings. The fourth-order valence-corrected chi connectivity index (χ4v) is 2.93. The zero-order chi connectivity index (χ0) is 16.1. The number of para-hydroxylation sites is 1. The number of hydrogen-bond donors (Lipinski definition) is 2. The topological polar surface area (TPSA) is 64.4 Å². The van der Waals surface area contributed by atoms with Gasteiger partial charge in [-0.05, 0) is 42.7 Å². The molecule has 0 bridgehead atoms. The molecule has 1 fully saturated rings. The van der Waals surface area contributed by atoms with E-state index in [0.29, 0.717) is 6.54 Å². The van der Waals surface area contributed by atoms with Crippen LogP contribution in [0, 0.1) is 0 Å². The predicted molar refractivity (Wildman–Crippen MR) is 97.4 cm³/mol. The van der Waals surface area contributed by atoms with E-state index in [1.165, 1.54) is 0 Å². The van der Waals surface area contributed by atoms with Crippen LogP contribution in [0.4, 0.5) is 0 Å². The molecular formula is C19H23ClN2O2. The van der Waals surface area contributed by atoms with Gasteiger partial charge >= 0.3 is 0 Å². The molecule has 0 saturated heterocycles. The van der Waals surface area contributed by atoms with Crippen LogP contribution in [-0.2, 0) is 11.3 Å². The molecule has 0 unspecified atom stereocenters. The zero-order valence-electron chi connectivity index (χ0n) is 13.5. The molecule has 1 aliphatic rings. The van der Waals surface area contributed by atoms with Gasteiger partial charge in [0.25, 0.3) is 0 Å². The standard InChI is InChI=1S/C19H22N2O2.ClH/c20-19(11-4-5-12-19)18(22)21-14-15-7-6-10-17(13-15)23-16-8-2-1-3-9-16;/h1-3,6-10,13H,4-5,11-12,14,20H2,(H,21,22);1H. The Labute approximate surface area is 148 Å². The maximum absolute atomic E-state index is 12.2. The number of rotatable bonds is 5. The van der Waals surface area contributed by atoms with E-state index in [9.17, 15) is 4.79 Å². The van der Waals surface area contributed by atoms with Gasteiger partial charge in [0.1, 0.15) is 11.5 Å². The van der Waals surface area contributed by atoms with Crippen molar-refractivity contribution in [2.45, 2.75) is 37.8 Å². The molecule has 0 aromatic heterocycles. The number of nitrogens with two attached hydrogens (primary N) is 1. The van der Waals surface area contributed by atoms with Crippen molar-refractivity contribution in [3.8, 4) is 11.5 Å². The summed E-state index contributed by atoms with van der Waals surface area (Å²) in [4.78, 5) is 12.2. The number of benzene rings is 2. The lowest BCUT2D eigenvalue weighted by atomic mass is 9.98. The number of ether oxygens (including phenoxy) is 1. The van der Waals surface area contributed by atoms with Crippen molar-refractivity contribution in [2.24, 2.45) is 5.73 Å². The summed E-state index contributed by atoms with van der Waals surface area (Å²) in [5.74, 6) is 1.50. The van der Waals surface area contributed by atoms with E-state index in [0.717, 1.165) is 42.7 Å². The van der Waals surface area contributed by atoms with Crippen LogP contribution in [0.25, 0.3) is 0 Å². The Bertz CT molecular complexity index is 670. The minimum absolute atomic E-state index is 0. The van der Waals surface area contributed by atoms with Gasteiger partial charge < -0.3 is 15.8 Å². The van der Waals surface area contributed by atoms with Gasteiger partial charge in [-0.3, -0.25) is 4.79 Å². The molecule has 0 heterocycles. The van der Waals surface area contributed by atoms with Crippen molar-refractivity contribution in [3.63, 3.8) is 0 Å². The van der Waals surface area contributed by atoms with Gasteiger partial charge in [0.05, 0.1) is 5.54 Å². The fraction of sp³-hybridized carbons (Fsp3) is 0.316. The highest BCUT2D eigenvalue weighted by atomic mass is 35.5. The Hall–Kier alpha value is -2.04. The molecule has 24 heavy (non-hydrogen) atoms. The van der Waals surface area contributed by atoms with Crippen molar-refractivity contribution in [3.05, 3.63) is 60.2 Å². The van der Waals surface area contributed by atoms with E-state index in [1.807, 2.05) is 54.6 Å². The van der Waals surface area contributed by atoms with Gasteiger partial charge in [0, 0.05) is 6.54 Å². The van der Waals surface area contributed by atoms with E-state index in [1.54, 1.807) is 0 Å². The molecule has 0 aliphatic heterocycles. The summed E-state index contributed by atoms with van der Waals surface area (Å²) >= 11 is 0. The third-order valence-electron chi connectivity index (χ3n) is 4.28. The van der Waals surface area contributed by atoms with Gasteiger partial charge in [-0.1, -0.05) is 43.2 Å². The first-order chi connectivity index (χ1) is 11.2. The van der Waals surface area contributed by atoms with E-state index < -0.39 is 5.54 Å². The smallest absolute Gasteiger partial charge is 0.240 e. The highest BCUT2D eigenvalue weighted by Crippen LogP contribution is 2.27. The lowest BCUT2D eigenvalue weighted by Gasteiger charge is -2.22. The molecule has 1 amide bonds. The van der Waals surface area contributed by atoms with Gasteiger partial charge in [0.2, 0.25) is 5.91 Å². The number of halogens is 1. The number of hydrogen-bond acceptors (Lipinski definition) is 3. The average Bonchev–Trinajstić information content (AvgIpc) is 3.02. The number of amides is 1. The summed E-state index contributed by atoms with van der Waals surface area (Å²) in [6, 6.07) is 17.4. The molecule has 1 saturated carbocycles. The zero-order valence-corrected chi connectivity index (χ0v) is 14.4. The van der Waals surface area contributed by atoms with E-state index in [-0.39, 0.29) is 18.3 Å². The summed E-state index contributed by atoms with van der Waals surface area (Å²) in [6.45, 7) is 0.462. The number of carbonyl (C=O) groups is 1. The molecule has 4 nitrogen and oxygen atoms in total. The minimum atomic E-state index is -0.682. The Morgan fingerprint density at radius 1 is 1.04 bits per heavy atom. The van der Waals surface area contributed by atoms with E-state index in [4.69, 9.17) is 10.5 Å². The molecule has 3 N–H and O–H groups in total. The molecule has 0 spiro atoms. The summed E-state index contributed by atoms with van der Waals surface area (Å²) in [5.41, 5.74) is 6.47. The SMILES string of the molecule is Cl.NC1(C(=O)NCc2cccc(Oc3ccccc3)c2)CCCC1. The molecule has 2 aromatic carbocycles. The Kier molecular flexibility index (Phi) is 6.23. The maximum Gasteiger partial charge on any atom is 0.240 e. The maximum atomic E-state index is 12.2. The Morgan fingerprint density at radius 2 is 1.71 bits per heavy atom. The van der Waals surface area contributed by atoms with Crippen molar-refractivity contribution < 1.29 is 9.53 Å². The summed E-state index contributed by atoms with van der Waals surface area (Å²) in [6.07, 6.45) is 3.61. The predicted octanol–water partition coefficient (Wildman–Crippen LogP) is 3.79. The van der Waals surface area contributed by atoms with Crippen LogP contribution in [0.15, 0.2) is 54.6 Å². The van der Waals surface area contributed by atoms with Gasteiger partial charge in [0.15, 0.2) is 0 Å². The summed E-state index contributed by atoms with van der Waals surface area (Å²) in [7, 11) is 0. The first kappa shape index (κ1) is 18.3. The van der Waals surface area contributed by atoms with Crippen LogP contribution in [0.5, 0.6) is 11.5 Å². The van der Waals surface area contributed by atoms with Crippen molar-refractivity contribution in [2.75, 3.05) is 0 Å².